The van der Waals surface area contributed by atoms with Gasteiger partial charge in [0.2, 0.25) is 7.55 Å². The van der Waals surface area contributed by atoms with Crippen molar-refractivity contribution in [3.05, 3.63) is 109 Å². The SMILES string of the molecule is C=[P+](C([I+]c1ccccc1)=C([O-])OCc1ccccc1)c1ccccc1. The molecule has 0 aliphatic rings. The van der Waals surface area contributed by atoms with E-state index in [1.54, 1.807) is 0 Å². The highest BCUT2D eigenvalue weighted by molar-refractivity contribution is 7.67. The topological polar surface area (TPSA) is 32.3 Å². The number of halogens is 1. The van der Waals surface area contributed by atoms with Gasteiger partial charge in [0, 0.05) is 6.61 Å². The van der Waals surface area contributed by atoms with Crippen molar-refractivity contribution in [3.63, 3.8) is 0 Å². The third-order valence-electron chi connectivity index (χ3n) is 3.62. The molecule has 0 spiro atoms. The molecular formula is C22H19IO2P+. The lowest BCUT2D eigenvalue weighted by molar-refractivity contribution is -0.576. The molecule has 0 amide bonds. The highest BCUT2D eigenvalue weighted by atomic mass is 127. The van der Waals surface area contributed by atoms with Crippen molar-refractivity contribution in [1.29, 1.82) is 0 Å². The third kappa shape index (κ3) is 5.20. The molecule has 2 nitrogen and oxygen atoms in total. The summed E-state index contributed by atoms with van der Waals surface area (Å²) in [5.41, 5.74) is 0.992. The zero-order valence-corrected chi connectivity index (χ0v) is 17.3. The van der Waals surface area contributed by atoms with Gasteiger partial charge in [-0.2, -0.15) is 0 Å². The van der Waals surface area contributed by atoms with Crippen molar-refractivity contribution in [3.8, 4) is 0 Å². The van der Waals surface area contributed by atoms with E-state index in [4.69, 9.17) is 4.74 Å². The van der Waals surface area contributed by atoms with Gasteiger partial charge in [0.1, 0.15) is 0 Å². The first kappa shape index (κ1) is 18.7. The Labute approximate surface area is 165 Å². The first-order valence-electron chi connectivity index (χ1n) is 8.17. The quantitative estimate of drug-likeness (QED) is 0.290. The molecule has 1 atom stereocenters. The lowest BCUT2D eigenvalue weighted by Gasteiger charge is -2.13. The fourth-order valence-corrected chi connectivity index (χ4v) is 7.53. The number of ether oxygens (including phenoxy) is 1. The second kappa shape index (κ2) is 9.56. The number of hydrogen-bond donors (Lipinski definition) is 0. The van der Waals surface area contributed by atoms with Crippen LogP contribution in [0.2, 0.25) is 0 Å². The molecule has 0 saturated carbocycles. The van der Waals surface area contributed by atoms with Crippen molar-refractivity contribution >= 4 is 19.1 Å². The Morgan fingerprint density at radius 2 is 1.38 bits per heavy atom. The molecule has 3 aromatic rings. The zero-order valence-electron chi connectivity index (χ0n) is 14.2. The molecule has 0 aliphatic heterocycles. The molecule has 3 aromatic carbocycles. The summed E-state index contributed by atoms with van der Waals surface area (Å²) in [6.45, 7) is 0.291. The Kier molecular flexibility index (Phi) is 6.87. The maximum absolute atomic E-state index is 12.9. The van der Waals surface area contributed by atoms with Crippen LogP contribution in [0.1, 0.15) is 5.56 Å². The van der Waals surface area contributed by atoms with Crippen LogP contribution >= 0.6 is 7.55 Å². The smallest absolute Gasteiger partial charge is 0.409 e. The molecule has 130 valence electrons. The summed E-state index contributed by atoms with van der Waals surface area (Å²) < 4.78 is 7.67. The highest BCUT2D eigenvalue weighted by Gasteiger charge is 2.35. The molecular weight excluding hydrogens is 454 g/mol. The van der Waals surface area contributed by atoms with Crippen LogP contribution in [0.5, 0.6) is 0 Å². The lowest BCUT2D eigenvalue weighted by Crippen LogP contribution is -3.60. The molecule has 4 heteroatoms. The molecule has 26 heavy (non-hydrogen) atoms. The van der Waals surface area contributed by atoms with Gasteiger partial charge >= 0.3 is 24.5 Å². The van der Waals surface area contributed by atoms with E-state index in [2.05, 4.69) is 18.4 Å². The van der Waals surface area contributed by atoms with Crippen molar-refractivity contribution in [2.75, 3.05) is 0 Å². The van der Waals surface area contributed by atoms with Gasteiger partial charge in [0.15, 0.2) is 14.8 Å². The molecule has 0 N–H and O–H groups in total. The fourth-order valence-electron chi connectivity index (χ4n) is 2.28. The van der Waals surface area contributed by atoms with Gasteiger partial charge in [-0.3, -0.25) is 0 Å². The van der Waals surface area contributed by atoms with Gasteiger partial charge in [0.25, 0.3) is 0 Å². The Hall–Kier alpha value is -2.10. The molecule has 3 rings (SSSR count). The molecule has 0 radical (unpaired) electrons. The van der Waals surface area contributed by atoms with E-state index in [0.29, 0.717) is 6.61 Å². The van der Waals surface area contributed by atoms with Crippen LogP contribution in [-0.2, 0) is 11.3 Å². The van der Waals surface area contributed by atoms with Gasteiger partial charge in [-0.15, -0.1) is 0 Å². The van der Waals surface area contributed by atoms with Crippen LogP contribution in [0.3, 0.4) is 0 Å². The minimum absolute atomic E-state index is 0.213. The van der Waals surface area contributed by atoms with Crippen LogP contribution in [0.4, 0.5) is 0 Å². The number of hydrogen-bond acceptors (Lipinski definition) is 2. The third-order valence-corrected chi connectivity index (χ3v) is 9.80. The molecule has 0 bridgehead atoms. The predicted molar refractivity (Wildman–Crippen MR) is 104 cm³/mol. The summed E-state index contributed by atoms with van der Waals surface area (Å²) in [6.07, 6.45) is 4.34. The van der Waals surface area contributed by atoms with Gasteiger partial charge in [-0.05, 0) is 29.8 Å². The summed E-state index contributed by atoms with van der Waals surface area (Å²) >= 11 is -0.620. The van der Waals surface area contributed by atoms with Crippen LogP contribution in [-0.4, -0.2) is 6.30 Å². The molecule has 1 unspecified atom stereocenters. The first-order chi connectivity index (χ1) is 12.7. The Morgan fingerprint density at radius 1 is 0.846 bits per heavy atom. The molecule has 0 saturated heterocycles. The number of benzene rings is 3. The second-order valence-electron chi connectivity index (χ2n) is 5.51. The Morgan fingerprint density at radius 3 is 2.00 bits per heavy atom. The second-order valence-corrected chi connectivity index (χ2v) is 11.0. The maximum Gasteiger partial charge on any atom is 0.409 e. The molecule has 0 heterocycles. The maximum atomic E-state index is 12.9. The van der Waals surface area contributed by atoms with Crippen LogP contribution in [0.15, 0.2) is 100 Å². The predicted octanol–water partition coefficient (Wildman–Crippen LogP) is 0.888. The van der Waals surface area contributed by atoms with E-state index in [0.717, 1.165) is 14.2 Å². The molecule has 0 fully saturated rings. The van der Waals surface area contributed by atoms with Crippen molar-refractivity contribution in [2.24, 2.45) is 0 Å². The van der Waals surface area contributed by atoms with Crippen molar-refractivity contribution < 1.29 is 31.0 Å². The minimum atomic E-state index is -0.942. The van der Waals surface area contributed by atoms with E-state index in [1.165, 1.54) is 3.57 Å². The van der Waals surface area contributed by atoms with E-state index < -0.39 is 28.8 Å². The summed E-state index contributed by atoms with van der Waals surface area (Å²) in [5, 5.41) is 14.0. The van der Waals surface area contributed by atoms with E-state index in [1.807, 2.05) is 78.9 Å². The average Bonchev–Trinajstić information content (AvgIpc) is 2.72. The lowest BCUT2D eigenvalue weighted by atomic mass is 10.2. The highest BCUT2D eigenvalue weighted by Crippen LogP contribution is 2.26. The van der Waals surface area contributed by atoms with Crippen molar-refractivity contribution in [1.82, 2.24) is 0 Å². The van der Waals surface area contributed by atoms with Crippen LogP contribution in [0, 0.1) is 3.57 Å². The van der Waals surface area contributed by atoms with Crippen molar-refractivity contribution in [2.45, 2.75) is 6.61 Å². The van der Waals surface area contributed by atoms with Gasteiger partial charge < -0.3 is 9.84 Å². The summed E-state index contributed by atoms with van der Waals surface area (Å²) in [4.78, 5) is 0. The van der Waals surface area contributed by atoms with Gasteiger partial charge in [-0.25, -0.2) is 0 Å². The van der Waals surface area contributed by atoms with Gasteiger partial charge in [0.05, 0.1) is 6.30 Å². The summed E-state index contributed by atoms with van der Waals surface area (Å²) in [5.74, 6) is -0.213. The summed E-state index contributed by atoms with van der Waals surface area (Å²) in [6, 6.07) is 30.0. The van der Waals surface area contributed by atoms with E-state index in [9.17, 15) is 5.11 Å². The Balaban J connectivity index is 1.87. The minimum Gasteiger partial charge on any atom is -0.603 e. The largest absolute Gasteiger partial charge is 0.603 e. The Bertz CT molecular complexity index is 878. The standard InChI is InChI=1S/C22H19IO2P/c1-26(20-15-9-4-10-16-20)21(23-19-13-7-3-8-14-19)22(24)25-17-18-11-5-2-6-12-18/h2-16H,1,17H2/q+1. The normalized spacial score (nSPS) is 12.2. The van der Waals surface area contributed by atoms with Crippen LogP contribution in [0.25, 0.3) is 0 Å². The van der Waals surface area contributed by atoms with Crippen LogP contribution < -0.4 is 31.6 Å². The summed E-state index contributed by atoms with van der Waals surface area (Å²) in [7, 11) is -0.942. The number of rotatable bonds is 7. The fraction of sp³-hybridized carbons (Fsp3) is 0.0455. The molecule has 0 aliphatic carbocycles. The van der Waals surface area contributed by atoms with E-state index >= 15 is 0 Å². The monoisotopic (exact) mass is 473 g/mol. The molecule has 0 aromatic heterocycles. The van der Waals surface area contributed by atoms with Gasteiger partial charge in [-0.1, -0.05) is 66.7 Å². The van der Waals surface area contributed by atoms with E-state index in [-0.39, 0.29) is 5.95 Å². The average molecular weight is 473 g/mol. The zero-order chi connectivity index (χ0) is 18.2. The first-order valence-corrected chi connectivity index (χ1v) is 11.9.